The Labute approximate surface area is 90.5 Å². The zero-order chi connectivity index (χ0) is 11.0. The van der Waals surface area contributed by atoms with Gasteiger partial charge in [0.05, 0.1) is 0 Å². The van der Waals surface area contributed by atoms with Crippen LogP contribution in [-0.2, 0) is 0 Å². The second kappa shape index (κ2) is 8.28. The van der Waals surface area contributed by atoms with Gasteiger partial charge in [-0.3, -0.25) is 0 Å². The quantitative estimate of drug-likeness (QED) is 0.588. The van der Waals surface area contributed by atoms with Crippen molar-refractivity contribution in [3.63, 3.8) is 0 Å². The van der Waals surface area contributed by atoms with Gasteiger partial charge in [-0.15, -0.1) is 0 Å². The van der Waals surface area contributed by atoms with Gasteiger partial charge in [-0.2, -0.15) is 0 Å². The molecule has 0 aliphatic carbocycles. The molecule has 0 aromatic heterocycles. The molecule has 86 valence electrons. The fourth-order valence-electron chi connectivity index (χ4n) is 2.19. The molecule has 0 rings (SSSR count). The largest absolute Gasteiger partial charge is 0.328 e. The summed E-state index contributed by atoms with van der Waals surface area (Å²) in [7, 11) is 0. The van der Waals surface area contributed by atoms with Crippen molar-refractivity contribution >= 4 is 0 Å². The van der Waals surface area contributed by atoms with E-state index in [0.29, 0.717) is 6.04 Å². The van der Waals surface area contributed by atoms with Gasteiger partial charge in [0, 0.05) is 6.04 Å². The number of hydrogen-bond donors (Lipinski definition) is 1. The lowest BCUT2D eigenvalue weighted by atomic mass is 9.85. The summed E-state index contributed by atoms with van der Waals surface area (Å²) in [6.07, 6.45) is 8.21. The van der Waals surface area contributed by atoms with E-state index >= 15 is 0 Å². The lowest BCUT2D eigenvalue weighted by Crippen LogP contribution is -2.30. The van der Waals surface area contributed by atoms with Gasteiger partial charge in [0.1, 0.15) is 0 Å². The van der Waals surface area contributed by atoms with Gasteiger partial charge in [0.25, 0.3) is 0 Å². The second-order valence-electron chi connectivity index (χ2n) is 4.97. The van der Waals surface area contributed by atoms with E-state index in [9.17, 15) is 0 Å². The highest BCUT2D eigenvalue weighted by molar-refractivity contribution is 4.71. The molecular weight excluding hydrogens is 170 g/mol. The molecule has 0 heterocycles. The third kappa shape index (κ3) is 6.42. The maximum Gasteiger partial charge on any atom is 0.00412 e. The molecular formula is C13H29N. The first kappa shape index (κ1) is 14.0. The number of nitrogens with two attached hydrogens (primary N) is 1. The molecule has 0 bridgehead atoms. The van der Waals surface area contributed by atoms with Gasteiger partial charge in [0.2, 0.25) is 0 Å². The molecule has 2 N–H and O–H groups in total. The van der Waals surface area contributed by atoms with Gasteiger partial charge < -0.3 is 5.73 Å². The van der Waals surface area contributed by atoms with E-state index in [4.69, 9.17) is 5.73 Å². The van der Waals surface area contributed by atoms with E-state index in [1.807, 2.05) is 0 Å². The number of rotatable bonds is 8. The summed E-state index contributed by atoms with van der Waals surface area (Å²) in [4.78, 5) is 0. The van der Waals surface area contributed by atoms with Crippen molar-refractivity contribution in [1.29, 1.82) is 0 Å². The van der Waals surface area contributed by atoms with Gasteiger partial charge >= 0.3 is 0 Å². The van der Waals surface area contributed by atoms with Crippen LogP contribution in [0.25, 0.3) is 0 Å². The summed E-state index contributed by atoms with van der Waals surface area (Å²) < 4.78 is 0. The van der Waals surface area contributed by atoms with Crippen molar-refractivity contribution in [2.75, 3.05) is 0 Å². The Balaban J connectivity index is 3.52. The molecule has 2 atom stereocenters. The lowest BCUT2D eigenvalue weighted by molar-refractivity contribution is 0.300. The predicted octanol–water partition coefficient (Wildman–Crippen LogP) is 3.97. The summed E-state index contributed by atoms with van der Waals surface area (Å²) in [6.45, 7) is 9.00. The molecule has 0 spiro atoms. The zero-order valence-corrected chi connectivity index (χ0v) is 10.6. The monoisotopic (exact) mass is 199 g/mol. The second-order valence-corrected chi connectivity index (χ2v) is 4.97. The topological polar surface area (TPSA) is 26.0 Å². The molecule has 1 heteroatoms. The van der Waals surface area contributed by atoms with E-state index < -0.39 is 0 Å². The minimum atomic E-state index is 0.362. The van der Waals surface area contributed by atoms with Crippen LogP contribution in [0.2, 0.25) is 0 Å². The molecule has 2 unspecified atom stereocenters. The van der Waals surface area contributed by atoms with Crippen molar-refractivity contribution in [3.05, 3.63) is 0 Å². The van der Waals surface area contributed by atoms with Crippen LogP contribution in [0.1, 0.15) is 66.2 Å². The standard InChI is InChI=1S/C13H29N/c1-5-6-7-8-9-10-13(11(2)3)12(4)14/h11-13H,5-10,14H2,1-4H3. The summed E-state index contributed by atoms with van der Waals surface area (Å²) >= 11 is 0. The molecule has 14 heavy (non-hydrogen) atoms. The Hall–Kier alpha value is -0.0400. The fourth-order valence-corrected chi connectivity index (χ4v) is 2.19. The van der Waals surface area contributed by atoms with Crippen LogP contribution in [0.4, 0.5) is 0 Å². The first-order valence-corrected chi connectivity index (χ1v) is 6.35. The Bertz CT molecular complexity index is 110. The van der Waals surface area contributed by atoms with E-state index in [0.717, 1.165) is 11.8 Å². The Kier molecular flexibility index (Phi) is 8.26. The van der Waals surface area contributed by atoms with Crippen LogP contribution in [0.15, 0.2) is 0 Å². The van der Waals surface area contributed by atoms with Gasteiger partial charge in [0.15, 0.2) is 0 Å². The molecule has 1 nitrogen and oxygen atoms in total. The van der Waals surface area contributed by atoms with E-state index in [1.165, 1.54) is 38.5 Å². The number of unbranched alkanes of at least 4 members (excludes halogenated alkanes) is 4. The Morgan fingerprint density at radius 2 is 1.50 bits per heavy atom. The molecule has 0 fully saturated rings. The third-order valence-corrected chi connectivity index (χ3v) is 3.17. The SMILES string of the molecule is CCCCCCCC(C(C)C)C(C)N. The van der Waals surface area contributed by atoms with Crippen LogP contribution < -0.4 is 5.73 Å². The summed E-state index contributed by atoms with van der Waals surface area (Å²) in [6, 6.07) is 0.362. The minimum Gasteiger partial charge on any atom is -0.328 e. The maximum atomic E-state index is 5.98. The zero-order valence-electron chi connectivity index (χ0n) is 10.6. The van der Waals surface area contributed by atoms with Gasteiger partial charge in [-0.25, -0.2) is 0 Å². The first-order valence-electron chi connectivity index (χ1n) is 6.35. The van der Waals surface area contributed by atoms with Crippen LogP contribution in [-0.4, -0.2) is 6.04 Å². The normalized spacial score (nSPS) is 15.9. The van der Waals surface area contributed by atoms with Crippen LogP contribution in [0.3, 0.4) is 0 Å². The molecule has 0 amide bonds. The summed E-state index contributed by atoms with van der Waals surface area (Å²) in [5, 5.41) is 0. The number of hydrogen-bond acceptors (Lipinski definition) is 1. The van der Waals surface area contributed by atoms with Crippen molar-refractivity contribution in [3.8, 4) is 0 Å². The molecule has 0 aliphatic heterocycles. The fraction of sp³-hybridized carbons (Fsp3) is 1.00. The first-order chi connectivity index (χ1) is 6.59. The van der Waals surface area contributed by atoms with E-state index in [2.05, 4.69) is 27.7 Å². The van der Waals surface area contributed by atoms with Crippen LogP contribution >= 0.6 is 0 Å². The highest BCUT2D eigenvalue weighted by Crippen LogP contribution is 2.21. The van der Waals surface area contributed by atoms with Gasteiger partial charge in [-0.1, -0.05) is 52.9 Å². The van der Waals surface area contributed by atoms with Crippen molar-refractivity contribution in [1.82, 2.24) is 0 Å². The van der Waals surface area contributed by atoms with E-state index in [-0.39, 0.29) is 0 Å². The van der Waals surface area contributed by atoms with Crippen LogP contribution in [0, 0.1) is 11.8 Å². The molecule has 0 saturated heterocycles. The molecule has 0 aromatic carbocycles. The van der Waals surface area contributed by atoms with Crippen molar-refractivity contribution < 1.29 is 0 Å². The Morgan fingerprint density at radius 1 is 0.929 bits per heavy atom. The summed E-state index contributed by atoms with van der Waals surface area (Å²) in [5.74, 6) is 1.46. The highest BCUT2D eigenvalue weighted by Gasteiger charge is 2.16. The predicted molar refractivity (Wildman–Crippen MR) is 65.4 cm³/mol. The summed E-state index contributed by atoms with van der Waals surface area (Å²) in [5.41, 5.74) is 5.98. The highest BCUT2D eigenvalue weighted by atomic mass is 14.6. The average Bonchev–Trinajstić information content (AvgIpc) is 2.09. The average molecular weight is 199 g/mol. The lowest BCUT2D eigenvalue weighted by Gasteiger charge is -2.24. The third-order valence-electron chi connectivity index (χ3n) is 3.17. The van der Waals surface area contributed by atoms with E-state index in [1.54, 1.807) is 0 Å². The smallest absolute Gasteiger partial charge is 0.00412 e. The van der Waals surface area contributed by atoms with Crippen LogP contribution in [0.5, 0.6) is 0 Å². The molecule has 0 saturated carbocycles. The molecule has 0 aromatic rings. The molecule has 0 radical (unpaired) electrons. The molecule has 0 aliphatic rings. The van der Waals surface area contributed by atoms with Gasteiger partial charge in [-0.05, 0) is 25.2 Å². The Morgan fingerprint density at radius 3 is 1.93 bits per heavy atom. The van der Waals surface area contributed by atoms with Crippen molar-refractivity contribution in [2.24, 2.45) is 17.6 Å². The minimum absolute atomic E-state index is 0.362. The van der Waals surface area contributed by atoms with Crippen molar-refractivity contribution in [2.45, 2.75) is 72.3 Å². The maximum absolute atomic E-state index is 5.98.